The molecular formula is C25H29FN2O6. The van der Waals surface area contributed by atoms with Crippen LogP contribution in [0.15, 0.2) is 59.0 Å². The standard InChI is InChI=1S/C25H29FN2O6/c1-6-13-33-19-11-12-21(23(26)14-19)24(28-32-5)17(2)27-34-15-18-9-7-8-10-20(18)22(16-30-3)25(29)31-4/h7-12,14,16H,6,13,15H2,1-5H3/b22-16-,27-17+,28-24+. The summed E-state index contributed by atoms with van der Waals surface area (Å²) in [5.74, 6) is -0.658. The number of carbonyl (C=O) groups excluding carboxylic acids is 1. The van der Waals surface area contributed by atoms with Crippen molar-refractivity contribution in [2.75, 3.05) is 27.9 Å². The highest BCUT2D eigenvalue weighted by Gasteiger charge is 2.18. The molecule has 0 amide bonds. The molecule has 0 heterocycles. The molecule has 0 fully saturated rings. The number of esters is 1. The summed E-state index contributed by atoms with van der Waals surface area (Å²) in [7, 11) is 4.09. The van der Waals surface area contributed by atoms with Gasteiger partial charge in [0, 0.05) is 17.2 Å². The average Bonchev–Trinajstić information content (AvgIpc) is 2.85. The lowest BCUT2D eigenvalue weighted by Gasteiger charge is -2.12. The molecule has 8 nitrogen and oxygen atoms in total. The van der Waals surface area contributed by atoms with Crippen LogP contribution in [0.3, 0.4) is 0 Å². The van der Waals surface area contributed by atoms with Crippen LogP contribution < -0.4 is 4.74 Å². The second-order valence-corrected chi connectivity index (χ2v) is 6.98. The first-order valence-corrected chi connectivity index (χ1v) is 10.6. The quantitative estimate of drug-likeness (QED) is 0.146. The molecule has 34 heavy (non-hydrogen) atoms. The van der Waals surface area contributed by atoms with E-state index < -0.39 is 11.8 Å². The van der Waals surface area contributed by atoms with E-state index in [9.17, 15) is 9.18 Å². The molecule has 9 heteroatoms. The van der Waals surface area contributed by atoms with Crippen LogP contribution in [0.4, 0.5) is 4.39 Å². The van der Waals surface area contributed by atoms with Crippen molar-refractivity contribution < 1.29 is 33.1 Å². The summed E-state index contributed by atoms with van der Waals surface area (Å²) < 4.78 is 30.1. The second-order valence-electron chi connectivity index (χ2n) is 6.98. The van der Waals surface area contributed by atoms with Gasteiger partial charge in [-0.1, -0.05) is 41.5 Å². The van der Waals surface area contributed by atoms with Crippen LogP contribution in [0.1, 0.15) is 37.0 Å². The number of rotatable bonds is 12. The molecule has 0 unspecified atom stereocenters. The Morgan fingerprint density at radius 2 is 1.82 bits per heavy atom. The third-order valence-corrected chi connectivity index (χ3v) is 4.56. The fraction of sp³-hybridized carbons (Fsp3) is 0.320. The first kappa shape index (κ1) is 26.4. The van der Waals surface area contributed by atoms with Crippen molar-refractivity contribution in [3.05, 3.63) is 71.2 Å². The number of carbonyl (C=O) groups is 1. The number of methoxy groups -OCH3 is 2. The van der Waals surface area contributed by atoms with Gasteiger partial charge in [-0.15, -0.1) is 0 Å². The minimum Gasteiger partial charge on any atom is -0.503 e. The Hall–Kier alpha value is -3.88. The number of hydrogen-bond donors (Lipinski definition) is 0. The maximum atomic E-state index is 14.7. The third-order valence-electron chi connectivity index (χ3n) is 4.56. The number of halogens is 1. The van der Waals surface area contributed by atoms with Crippen molar-refractivity contribution in [1.82, 2.24) is 0 Å². The normalized spacial score (nSPS) is 12.2. The molecule has 0 radical (unpaired) electrons. The largest absolute Gasteiger partial charge is 0.503 e. The third kappa shape index (κ3) is 7.06. The van der Waals surface area contributed by atoms with Gasteiger partial charge in [0.15, 0.2) is 0 Å². The first-order valence-electron chi connectivity index (χ1n) is 10.6. The molecule has 0 saturated heterocycles. The van der Waals surface area contributed by atoms with E-state index in [-0.39, 0.29) is 23.5 Å². The topological polar surface area (TPSA) is 87.9 Å². The summed E-state index contributed by atoms with van der Waals surface area (Å²) in [6.07, 6.45) is 2.12. The van der Waals surface area contributed by atoms with Crippen LogP contribution in [0.5, 0.6) is 5.75 Å². The Kier molecular flexibility index (Phi) is 10.6. The summed E-state index contributed by atoms with van der Waals surface area (Å²) in [5.41, 5.74) is 2.13. The van der Waals surface area contributed by atoms with Crippen molar-refractivity contribution in [2.24, 2.45) is 10.3 Å². The summed E-state index contributed by atoms with van der Waals surface area (Å²) in [6.45, 7) is 4.11. The number of ether oxygens (including phenoxy) is 3. The molecule has 0 spiro atoms. The number of hydrogen-bond acceptors (Lipinski definition) is 8. The Bertz CT molecular complexity index is 1070. The molecule has 182 valence electrons. The van der Waals surface area contributed by atoms with Gasteiger partial charge in [-0.3, -0.25) is 0 Å². The molecule has 0 saturated carbocycles. The summed E-state index contributed by atoms with van der Waals surface area (Å²) in [4.78, 5) is 22.6. The Morgan fingerprint density at radius 1 is 1.06 bits per heavy atom. The summed E-state index contributed by atoms with van der Waals surface area (Å²) in [6, 6.07) is 11.6. The maximum absolute atomic E-state index is 14.7. The van der Waals surface area contributed by atoms with E-state index in [0.717, 1.165) is 6.42 Å². The van der Waals surface area contributed by atoms with Gasteiger partial charge in [-0.2, -0.15) is 0 Å². The summed E-state index contributed by atoms with van der Waals surface area (Å²) >= 11 is 0. The SMILES string of the molecule is CCCOc1ccc(C(=N/OC)/C(C)=N/OCc2ccccc2/C(=C/OC)C(=O)OC)c(F)c1. The highest BCUT2D eigenvalue weighted by atomic mass is 19.1. The highest BCUT2D eigenvalue weighted by molar-refractivity contribution is 6.47. The van der Waals surface area contributed by atoms with Crippen molar-refractivity contribution in [3.63, 3.8) is 0 Å². The molecule has 0 bridgehead atoms. The molecule has 2 aromatic rings. The van der Waals surface area contributed by atoms with E-state index in [0.29, 0.717) is 29.2 Å². The van der Waals surface area contributed by atoms with Crippen LogP contribution in [-0.2, 0) is 30.6 Å². The van der Waals surface area contributed by atoms with Gasteiger partial charge in [0.25, 0.3) is 0 Å². The smallest absolute Gasteiger partial charge is 0.341 e. The van der Waals surface area contributed by atoms with E-state index in [1.807, 2.05) is 6.92 Å². The van der Waals surface area contributed by atoms with Crippen LogP contribution >= 0.6 is 0 Å². The fourth-order valence-corrected chi connectivity index (χ4v) is 3.00. The Balaban J connectivity index is 2.25. The van der Waals surface area contributed by atoms with E-state index in [2.05, 4.69) is 10.3 Å². The zero-order valence-corrected chi connectivity index (χ0v) is 20.0. The number of oxime groups is 2. The molecule has 0 aliphatic rings. The van der Waals surface area contributed by atoms with Gasteiger partial charge >= 0.3 is 5.97 Å². The van der Waals surface area contributed by atoms with Crippen LogP contribution in [0.2, 0.25) is 0 Å². The van der Waals surface area contributed by atoms with Crippen molar-refractivity contribution in [1.29, 1.82) is 0 Å². The Labute approximate surface area is 198 Å². The van der Waals surface area contributed by atoms with Crippen molar-refractivity contribution in [2.45, 2.75) is 26.9 Å². The Morgan fingerprint density at radius 3 is 2.47 bits per heavy atom. The highest BCUT2D eigenvalue weighted by Crippen LogP contribution is 2.22. The predicted octanol–water partition coefficient (Wildman–Crippen LogP) is 4.72. The zero-order valence-electron chi connectivity index (χ0n) is 20.0. The lowest BCUT2D eigenvalue weighted by Crippen LogP contribution is -2.15. The number of nitrogens with zero attached hydrogens (tertiary/aromatic N) is 2. The molecule has 0 N–H and O–H groups in total. The van der Waals surface area contributed by atoms with Crippen molar-refractivity contribution in [3.8, 4) is 5.75 Å². The lowest BCUT2D eigenvalue weighted by molar-refractivity contribution is -0.133. The van der Waals surface area contributed by atoms with Gasteiger partial charge in [0.2, 0.25) is 0 Å². The van der Waals surface area contributed by atoms with E-state index in [1.165, 1.54) is 33.7 Å². The van der Waals surface area contributed by atoms with Crippen LogP contribution in [0, 0.1) is 5.82 Å². The molecule has 2 rings (SSSR count). The molecule has 0 aromatic heterocycles. The van der Waals surface area contributed by atoms with Gasteiger partial charge < -0.3 is 23.9 Å². The second kappa shape index (κ2) is 13.6. The molecule has 0 aliphatic carbocycles. The first-order chi connectivity index (χ1) is 16.5. The zero-order chi connectivity index (χ0) is 24.9. The monoisotopic (exact) mass is 472 g/mol. The molecule has 0 atom stereocenters. The lowest BCUT2D eigenvalue weighted by atomic mass is 10.0. The maximum Gasteiger partial charge on any atom is 0.341 e. The minimum atomic E-state index is -0.551. The van der Waals surface area contributed by atoms with Gasteiger partial charge in [0.1, 0.15) is 42.3 Å². The van der Waals surface area contributed by atoms with Crippen LogP contribution in [-0.4, -0.2) is 45.3 Å². The predicted molar refractivity (Wildman–Crippen MR) is 127 cm³/mol. The van der Waals surface area contributed by atoms with E-state index in [1.54, 1.807) is 43.3 Å². The van der Waals surface area contributed by atoms with Gasteiger partial charge in [-0.05, 0) is 31.0 Å². The molecule has 0 aliphatic heterocycles. The summed E-state index contributed by atoms with van der Waals surface area (Å²) in [5, 5.41) is 8.00. The van der Waals surface area contributed by atoms with Crippen molar-refractivity contribution >= 4 is 23.0 Å². The van der Waals surface area contributed by atoms with Gasteiger partial charge in [0.05, 0.1) is 27.1 Å². The molecule has 2 aromatic carbocycles. The fourth-order valence-electron chi connectivity index (χ4n) is 3.00. The van der Waals surface area contributed by atoms with Gasteiger partial charge in [-0.25, -0.2) is 9.18 Å². The molecular weight excluding hydrogens is 443 g/mol. The van der Waals surface area contributed by atoms with Crippen LogP contribution in [0.25, 0.3) is 5.57 Å². The van der Waals surface area contributed by atoms with E-state index in [4.69, 9.17) is 23.9 Å². The van der Waals surface area contributed by atoms with E-state index >= 15 is 0 Å². The minimum absolute atomic E-state index is 0.0259. The average molecular weight is 473 g/mol. The number of benzene rings is 2.